The van der Waals surface area contributed by atoms with Gasteiger partial charge in [0, 0.05) is 17.7 Å². The largest absolute Gasteiger partial charge is 0.487 e. The van der Waals surface area contributed by atoms with Gasteiger partial charge in [0.05, 0.1) is 6.04 Å². The maximum absolute atomic E-state index is 13.3. The van der Waals surface area contributed by atoms with Crippen molar-refractivity contribution in [3.05, 3.63) is 59.9 Å². The molecule has 3 rings (SSSR count). The number of rotatable bonds is 2. The van der Waals surface area contributed by atoms with Crippen LogP contribution in [0.15, 0.2) is 48.5 Å². The van der Waals surface area contributed by atoms with Crippen molar-refractivity contribution in [1.29, 1.82) is 0 Å². The summed E-state index contributed by atoms with van der Waals surface area (Å²) in [6, 6.07) is 14.2. The molecule has 1 aliphatic heterocycles. The molecule has 2 aromatic carbocycles. The highest BCUT2D eigenvalue weighted by Gasteiger charge is 2.33. The Morgan fingerprint density at radius 2 is 2.00 bits per heavy atom. The molecule has 0 saturated heterocycles. The van der Waals surface area contributed by atoms with Crippen LogP contribution in [0.4, 0.5) is 10.1 Å². The van der Waals surface area contributed by atoms with Crippen LogP contribution in [0.25, 0.3) is 0 Å². The van der Waals surface area contributed by atoms with E-state index in [4.69, 9.17) is 17.0 Å². The molecular formula is C18H19FN2OS. The Balaban J connectivity index is 1.75. The summed E-state index contributed by atoms with van der Waals surface area (Å²) < 4.78 is 19.3. The summed E-state index contributed by atoms with van der Waals surface area (Å²) >= 11 is 5.38. The van der Waals surface area contributed by atoms with Gasteiger partial charge < -0.3 is 15.4 Å². The van der Waals surface area contributed by atoms with Crippen molar-refractivity contribution in [2.45, 2.75) is 31.9 Å². The molecule has 1 atom stereocenters. The molecule has 0 bridgehead atoms. The molecule has 2 aromatic rings. The molecule has 23 heavy (non-hydrogen) atoms. The maximum atomic E-state index is 13.3. The average Bonchev–Trinajstić information content (AvgIpc) is 2.46. The van der Waals surface area contributed by atoms with E-state index in [-0.39, 0.29) is 17.5 Å². The first kappa shape index (κ1) is 15.7. The SMILES string of the molecule is CC1(C)CC(NC(=S)Nc2cccc(F)c2)c2ccccc2O1. The number of para-hydroxylation sites is 1. The number of fused-ring (bicyclic) bond motifs is 1. The van der Waals surface area contributed by atoms with Gasteiger partial charge in [0.15, 0.2) is 5.11 Å². The monoisotopic (exact) mass is 330 g/mol. The topological polar surface area (TPSA) is 33.3 Å². The van der Waals surface area contributed by atoms with E-state index < -0.39 is 0 Å². The second-order valence-corrected chi connectivity index (χ2v) is 6.67. The molecule has 3 nitrogen and oxygen atoms in total. The van der Waals surface area contributed by atoms with Crippen LogP contribution < -0.4 is 15.4 Å². The van der Waals surface area contributed by atoms with Gasteiger partial charge in [0.25, 0.3) is 0 Å². The van der Waals surface area contributed by atoms with E-state index in [0.717, 1.165) is 17.7 Å². The van der Waals surface area contributed by atoms with Crippen LogP contribution in [0.1, 0.15) is 31.9 Å². The second kappa shape index (κ2) is 6.16. The molecule has 0 amide bonds. The van der Waals surface area contributed by atoms with Gasteiger partial charge in [0.2, 0.25) is 0 Å². The summed E-state index contributed by atoms with van der Waals surface area (Å²) in [4.78, 5) is 0. The van der Waals surface area contributed by atoms with Gasteiger partial charge in [-0.2, -0.15) is 0 Å². The zero-order chi connectivity index (χ0) is 16.4. The lowest BCUT2D eigenvalue weighted by Crippen LogP contribution is -2.42. The standard InChI is InChI=1S/C18H19FN2OS/c1-18(2)11-15(14-8-3-4-9-16(14)22-18)21-17(23)20-13-7-5-6-12(19)10-13/h3-10,15H,11H2,1-2H3,(H2,20,21,23). The van der Waals surface area contributed by atoms with E-state index in [9.17, 15) is 4.39 Å². The molecule has 0 saturated carbocycles. The Morgan fingerprint density at radius 1 is 1.22 bits per heavy atom. The number of thiocarbonyl (C=S) groups is 1. The van der Waals surface area contributed by atoms with Gasteiger partial charge in [-0.25, -0.2) is 4.39 Å². The normalized spacial score (nSPS) is 18.5. The zero-order valence-corrected chi connectivity index (χ0v) is 13.9. The maximum Gasteiger partial charge on any atom is 0.171 e. The highest BCUT2D eigenvalue weighted by atomic mass is 32.1. The minimum Gasteiger partial charge on any atom is -0.487 e. The van der Waals surface area contributed by atoms with Crippen LogP contribution in [0.3, 0.4) is 0 Å². The van der Waals surface area contributed by atoms with Gasteiger partial charge in [-0.3, -0.25) is 0 Å². The first-order valence-electron chi connectivity index (χ1n) is 7.54. The minimum absolute atomic E-state index is 0.0449. The highest BCUT2D eigenvalue weighted by molar-refractivity contribution is 7.80. The lowest BCUT2D eigenvalue weighted by molar-refractivity contribution is 0.0697. The number of halogens is 1. The molecule has 1 aliphatic rings. The van der Waals surface area contributed by atoms with Crippen LogP contribution in [-0.2, 0) is 0 Å². The molecule has 2 N–H and O–H groups in total. The van der Waals surface area contributed by atoms with Crippen molar-refractivity contribution in [2.24, 2.45) is 0 Å². The van der Waals surface area contributed by atoms with E-state index >= 15 is 0 Å². The number of hydrogen-bond donors (Lipinski definition) is 2. The third kappa shape index (κ3) is 3.79. The molecule has 1 unspecified atom stereocenters. The first-order chi connectivity index (χ1) is 10.9. The number of nitrogens with one attached hydrogen (secondary N) is 2. The first-order valence-corrected chi connectivity index (χ1v) is 7.95. The van der Waals surface area contributed by atoms with E-state index in [2.05, 4.69) is 24.5 Å². The Labute approximate surface area is 140 Å². The Bertz CT molecular complexity index is 732. The van der Waals surface area contributed by atoms with Crippen molar-refractivity contribution in [3.63, 3.8) is 0 Å². The van der Waals surface area contributed by atoms with Crippen molar-refractivity contribution in [1.82, 2.24) is 5.32 Å². The lowest BCUT2D eigenvalue weighted by Gasteiger charge is -2.38. The Morgan fingerprint density at radius 3 is 2.78 bits per heavy atom. The van der Waals surface area contributed by atoms with Gasteiger partial charge in [-0.15, -0.1) is 0 Å². The van der Waals surface area contributed by atoms with Crippen LogP contribution >= 0.6 is 12.2 Å². The summed E-state index contributed by atoms with van der Waals surface area (Å²) in [5, 5.41) is 6.81. The van der Waals surface area contributed by atoms with Crippen LogP contribution in [0.2, 0.25) is 0 Å². The predicted molar refractivity (Wildman–Crippen MR) is 94.3 cm³/mol. The van der Waals surface area contributed by atoms with Crippen LogP contribution in [-0.4, -0.2) is 10.7 Å². The van der Waals surface area contributed by atoms with E-state index in [0.29, 0.717) is 10.8 Å². The van der Waals surface area contributed by atoms with Crippen molar-refractivity contribution in [2.75, 3.05) is 5.32 Å². The molecule has 0 aliphatic carbocycles. The van der Waals surface area contributed by atoms with Gasteiger partial charge in [-0.05, 0) is 50.3 Å². The Hall–Kier alpha value is -2.14. The van der Waals surface area contributed by atoms with E-state index in [1.807, 2.05) is 24.3 Å². The summed E-state index contributed by atoms with van der Waals surface area (Å²) in [6.45, 7) is 4.11. The summed E-state index contributed by atoms with van der Waals surface area (Å²) in [7, 11) is 0. The molecule has 0 aromatic heterocycles. The molecular weight excluding hydrogens is 311 g/mol. The van der Waals surface area contributed by atoms with Crippen molar-refractivity contribution in [3.8, 4) is 5.75 Å². The van der Waals surface area contributed by atoms with E-state index in [1.54, 1.807) is 12.1 Å². The van der Waals surface area contributed by atoms with Crippen molar-refractivity contribution < 1.29 is 9.13 Å². The molecule has 1 heterocycles. The van der Waals surface area contributed by atoms with Crippen LogP contribution in [0.5, 0.6) is 5.75 Å². The Kier molecular flexibility index (Phi) is 4.22. The number of ether oxygens (including phenoxy) is 1. The fraction of sp³-hybridized carbons (Fsp3) is 0.278. The highest BCUT2D eigenvalue weighted by Crippen LogP contribution is 2.39. The van der Waals surface area contributed by atoms with Crippen molar-refractivity contribution >= 4 is 23.0 Å². The smallest absolute Gasteiger partial charge is 0.171 e. The fourth-order valence-corrected chi connectivity index (χ4v) is 3.08. The second-order valence-electron chi connectivity index (χ2n) is 6.27. The predicted octanol–water partition coefficient (Wildman–Crippen LogP) is 4.41. The quantitative estimate of drug-likeness (QED) is 0.799. The van der Waals surface area contributed by atoms with Crippen LogP contribution in [0, 0.1) is 5.82 Å². The summed E-state index contributed by atoms with van der Waals surface area (Å²) in [6.07, 6.45) is 0.787. The third-order valence-corrected chi connectivity index (χ3v) is 3.98. The molecule has 0 fully saturated rings. The van der Waals surface area contributed by atoms with E-state index in [1.165, 1.54) is 12.1 Å². The number of benzene rings is 2. The van der Waals surface area contributed by atoms with Gasteiger partial charge >= 0.3 is 0 Å². The average molecular weight is 330 g/mol. The minimum atomic E-state index is -0.296. The van der Waals surface area contributed by atoms with Gasteiger partial charge in [-0.1, -0.05) is 24.3 Å². The number of hydrogen-bond acceptors (Lipinski definition) is 2. The lowest BCUT2D eigenvalue weighted by atomic mass is 9.90. The molecule has 5 heteroatoms. The third-order valence-electron chi connectivity index (χ3n) is 3.76. The zero-order valence-electron chi connectivity index (χ0n) is 13.1. The summed E-state index contributed by atoms with van der Waals surface area (Å²) in [5.41, 5.74) is 1.43. The fourth-order valence-electron chi connectivity index (χ4n) is 2.82. The molecule has 0 spiro atoms. The molecule has 120 valence electrons. The molecule has 0 radical (unpaired) electrons. The summed E-state index contributed by atoms with van der Waals surface area (Å²) in [5.74, 6) is 0.574. The number of anilines is 1. The van der Waals surface area contributed by atoms with Gasteiger partial charge in [0.1, 0.15) is 17.2 Å².